The van der Waals surface area contributed by atoms with Crippen LogP contribution in [0.25, 0.3) is 0 Å². The molecule has 1 N–H and O–H groups in total. The average molecular weight is 527 g/mol. The Hall–Kier alpha value is -3.79. The Morgan fingerprint density at radius 1 is 1.11 bits per heavy atom. The van der Waals surface area contributed by atoms with Crippen LogP contribution in [0.1, 0.15) is 23.1 Å². The van der Waals surface area contributed by atoms with Crippen LogP contribution in [0.3, 0.4) is 0 Å². The molecular weight excluding hydrogens is 499 g/mol. The third kappa shape index (κ3) is 4.93. The highest BCUT2D eigenvalue weighted by atomic mass is 32.2. The van der Waals surface area contributed by atoms with E-state index >= 15 is 0 Å². The lowest BCUT2D eigenvalue weighted by Gasteiger charge is -2.28. The third-order valence-electron chi connectivity index (χ3n) is 6.68. The number of halogens is 1. The van der Waals surface area contributed by atoms with Gasteiger partial charge in [-0.05, 0) is 42.2 Å². The highest BCUT2D eigenvalue weighted by molar-refractivity contribution is 7.92. The van der Waals surface area contributed by atoms with Gasteiger partial charge in [-0.3, -0.25) is 9.10 Å². The standard InChI is InChI=1S/C27H27FN2O6S/c1-29-13-14-35-25-16-22(8-9-24(25)29)37(33,34)30-12-11-19-3-2-4-20(27(19)30)17-36-21-7-5-18(23(28)15-21)6-10-26(31)32/h2-5,7-9,15-16H,6,10-14,17H2,1H3,(H,31,32). The molecule has 194 valence electrons. The van der Waals surface area contributed by atoms with Gasteiger partial charge in [-0.25, -0.2) is 12.8 Å². The summed E-state index contributed by atoms with van der Waals surface area (Å²) in [6.45, 7) is 1.57. The lowest BCUT2D eigenvalue weighted by molar-refractivity contribution is -0.136. The van der Waals surface area contributed by atoms with E-state index in [0.29, 0.717) is 42.1 Å². The Balaban J connectivity index is 1.38. The molecular formula is C27H27FN2O6S. The Kier molecular flexibility index (Phi) is 6.68. The molecule has 3 aromatic carbocycles. The van der Waals surface area contributed by atoms with Gasteiger partial charge >= 0.3 is 5.97 Å². The number of fused-ring (bicyclic) bond motifs is 2. The van der Waals surface area contributed by atoms with Gasteiger partial charge in [0.1, 0.15) is 30.5 Å². The van der Waals surface area contributed by atoms with E-state index in [4.69, 9.17) is 14.6 Å². The lowest BCUT2D eigenvalue weighted by Crippen LogP contribution is -2.31. The van der Waals surface area contributed by atoms with E-state index in [1.165, 1.54) is 16.4 Å². The Bertz CT molecular complexity index is 1460. The van der Waals surface area contributed by atoms with Crippen LogP contribution in [0.2, 0.25) is 0 Å². The number of aliphatic carboxylic acids is 1. The van der Waals surface area contributed by atoms with E-state index < -0.39 is 21.8 Å². The molecule has 0 saturated heterocycles. The molecule has 0 spiro atoms. The first-order valence-corrected chi connectivity index (χ1v) is 13.4. The Labute approximate surface area is 214 Å². The summed E-state index contributed by atoms with van der Waals surface area (Å²) in [6.07, 6.45) is 0.495. The predicted molar refractivity (Wildman–Crippen MR) is 137 cm³/mol. The zero-order valence-electron chi connectivity index (χ0n) is 20.3. The molecule has 0 aromatic heterocycles. The minimum atomic E-state index is -3.86. The first-order valence-electron chi connectivity index (χ1n) is 12.0. The predicted octanol–water partition coefficient (Wildman–Crippen LogP) is 4.00. The van der Waals surface area contributed by atoms with Gasteiger partial charge < -0.3 is 19.5 Å². The van der Waals surface area contributed by atoms with Crippen molar-refractivity contribution in [2.45, 2.75) is 30.8 Å². The van der Waals surface area contributed by atoms with Crippen LogP contribution in [0.4, 0.5) is 15.8 Å². The minimum Gasteiger partial charge on any atom is -0.490 e. The first-order chi connectivity index (χ1) is 17.7. The van der Waals surface area contributed by atoms with Crippen LogP contribution >= 0.6 is 0 Å². The van der Waals surface area contributed by atoms with Crippen molar-refractivity contribution in [1.82, 2.24) is 0 Å². The molecule has 0 fully saturated rings. The van der Waals surface area contributed by atoms with Crippen molar-refractivity contribution in [3.05, 3.63) is 77.1 Å². The number of likely N-dealkylation sites (N-methyl/N-ethyl adjacent to an activating group) is 1. The van der Waals surface area contributed by atoms with Crippen LogP contribution in [0, 0.1) is 5.82 Å². The topological polar surface area (TPSA) is 96.4 Å². The van der Waals surface area contributed by atoms with Crippen molar-refractivity contribution in [2.24, 2.45) is 0 Å². The van der Waals surface area contributed by atoms with Gasteiger partial charge in [0.2, 0.25) is 0 Å². The lowest BCUT2D eigenvalue weighted by atomic mass is 10.1. The van der Waals surface area contributed by atoms with E-state index in [9.17, 15) is 17.6 Å². The van der Waals surface area contributed by atoms with Crippen LogP contribution in [-0.4, -0.2) is 46.2 Å². The van der Waals surface area contributed by atoms with Gasteiger partial charge in [-0.1, -0.05) is 24.3 Å². The summed E-state index contributed by atoms with van der Waals surface area (Å²) in [4.78, 5) is 12.9. The molecule has 0 unspecified atom stereocenters. The number of anilines is 2. The van der Waals surface area contributed by atoms with Crippen LogP contribution in [0.5, 0.6) is 11.5 Å². The molecule has 0 amide bonds. The monoisotopic (exact) mass is 526 g/mol. The summed E-state index contributed by atoms with van der Waals surface area (Å²) in [5.74, 6) is -0.717. The highest BCUT2D eigenvalue weighted by Crippen LogP contribution is 2.39. The minimum absolute atomic E-state index is 0.0429. The van der Waals surface area contributed by atoms with Gasteiger partial charge in [0, 0.05) is 37.7 Å². The molecule has 10 heteroatoms. The maximum atomic E-state index is 14.4. The number of hydrogen-bond acceptors (Lipinski definition) is 6. The van der Waals surface area contributed by atoms with Gasteiger partial charge in [0.15, 0.2) is 0 Å². The summed E-state index contributed by atoms with van der Waals surface area (Å²) in [5.41, 5.74) is 3.30. The van der Waals surface area contributed by atoms with E-state index in [1.807, 2.05) is 24.1 Å². The van der Waals surface area contributed by atoms with E-state index in [0.717, 1.165) is 17.8 Å². The number of carbonyl (C=O) groups is 1. The Morgan fingerprint density at radius 3 is 2.73 bits per heavy atom. The van der Waals surface area contributed by atoms with Crippen LogP contribution in [-0.2, 0) is 34.3 Å². The number of carboxylic acid groups (broad SMARTS) is 1. The fraction of sp³-hybridized carbons (Fsp3) is 0.296. The molecule has 8 nitrogen and oxygen atoms in total. The number of rotatable bonds is 8. The maximum Gasteiger partial charge on any atom is 0.303 e. The maximum absolute atomic E-state index is 14.4. The zero-order chi connectivity index (χ0) is 26.2. The van der Waals surface area contributed by atoms with E-state index in [-0.39, 0.29) is 30.1 Å². The summed E-state index contributed by atoms with van der Waals surface area (Å²) in [6, 6.07) is 14.8. The summed E-state index contributed by atoms with van der Waals surface area (Å²) < 4.78 is 54.8. The molecule has 0 aliphatic carbocycles. The Morgan fingerprint density at radius 2 is 1.95 bits per heavy atom. The molecule has 3 aromatic rings. The normalized spacial score (nSPS) is 14.6. The van der Waals surface area contributed by atoms with Crippen molar-refractivity contribution in [3.63, 3.8) is 0 Å². The second-order valence-electron chi connectivity index (χ2n) is 9.09. The van der Waals surface area contributed by atoms with Crippen LogP contribution in [0.15, 0.2) is 59.5 Å². The van der Waals surface area contributed by atoms with Crippen LogP contribution < -0.4 is 18.7 Å². The number of carboxylic acids is 1. The largest absolute Gasteiger partial charge is 0.490 e. The first kappa shape index (κ1) is 24.9. The number of aryl methyl sites for hydroxylation is 1. The average Bonchev–Trinajstić information content (AvgIpc) is 3.32. The van der Waals surface area contributed by atoms with Gasteiger partial charge in [-0.15, -0.1) is 0 Å². The number of benzene rings is 3. The zero-order valence-corrected chi connectivity index (χ0v) is 21.1. The number of nitrogens with zero attached hydrogens (tertiary/aromatic N) is 2. The molecule has 0 radical (unpaired) electrons. The third-order valence-corrected chi connectivity index (χ3v) is 8.47. The molecule has 5 rings (SSSR count). The smallest absolute Gasteiger partial charge is 0.303 e. The molecule has 2 aliphatic heterocycles. The highest BCUT2D eigenvalue weighted by Gasteiger charge is 2.34. The molecule has 2 heterocycles. The summed E-state index contributed by atoms with van der Waals surface area (Å²) in [5, 5.41) is 8.82. The van der Waals surface area contributed by atoms with Gasteiger partial charge in [-0.2, -0.15) is 0 Å². The fourth-order valence-corrected chi connectivity index (χ4v) is 6.26. The number of para-hydroxylation sites is 1. The molecule has 0 saturated carbocycles. The number of hydrogen-bond donors (Lipinski definition) is 1. The molecule has 2 aliphatic rings. The van der Waals surface area contributed by atoms with Crippen molar-refractivity contribution < 1.29 is 32.2 Å². The van der Waals surface area contributed by atoms with Gasteiger partial charge in [0.05, 0.1) is 22.8 Å². The SMILES string of the molecule is CN1CCOc2cc(S(=O)(=O)N3CCc4cccc(COc5ccc(CCC(=O)O)c(F)c5)c43)ccc21. The fourth-order valence-electron chi connectivity index (χ4n) is 4.71. The number of sulfonamides is 1. The van der Waals surface area contributed by atoms with Crippen molar-refractivity contribution in [2.75, 3.05) is 35.9 Å². The number of ether oxygens (including phenoxy) is 2. The van der Waals surface area contributed by atoms with Crippen molar-refractivity contribution in [3.8, 4) is 11.5 Å². The summed E-state index contributed by atoms with van der Waals surface area (Å²) >= 11 is 0. The van der Waals surface area contributed by atoms with E-state index in [1.54, 1.807) is 30.3 Å². The molecule has 0 atom stereocenters. The van der Waals surface area contributed by atoms with Crippen molar-refractivity contribution in [1.29, 1.82) is 0 Å². The quantitative estimate of drug-likeness (QED) is 0.474. The van der Waals surface area contributed by atoms with Gasteiger partial charge in [0.25, 0.3) is 10.0 Å². The molecule has 37 heavy (non-hydrogen) atoms. The molecule has 0 bridgehead atoms. The van der Waals surface area contributed by atoms with E-state index in [2.05, 4.69) is 0 Å². The second-order valence-corrected chi connectivity index (χ2v) is 10.9. The van der Waals surface area contributed by atoms with Crippen molar-refractivity contribution >= 4 is 27.4 Å². The summed E-state index contributed by atoms with van der Waals surface area (Å²) in [7, 11) is -1.92. The second kappa shape index (κ2) is 9.93.